The van der Waals surface area contributed by atoms with Gasteiger partial charge in [-0.25, -0.2) is 4.79 Å². The van der Waals surface area contributed by atoms with E-state index < -0.39 is 21.5 Å². The monoisotopic (exact) mass is 294 g/mol. The third-order valence-corrected chi connectivity index (χ3v) is 3.23. The molecule has 98 valence electrons. The van der Waals surface area contributed by atoms with E-state index in [0.29, 0.717) is 10.9 Å². The summed E-state index contributed by atoms with van der Waals surface area (Å²) in [6.45, 7) is 1.54. The minimum atomic E-state index is -4.25. The maximum Gasteiger partial charge on any atom is 1.00 e. The topological polar surface area (TPSA) is 105 Å². The number of fused-ring (bicyclic) bond motifs is 1. The van der Waals surface area contributed by atoms with Crippen LogP contribution >= 0.6 is 0 Å². The summed E-state index contributed by atoms with van der Waals surface area (Å²) in [7, 11) is -4.25. The number of aromatic hydroxyl groups is 1. The Kier molecular flexibility index (Phi) is 4.81. The first-order chi connectivity index (χ1) is 8.28. The minimum absolute atomic E-state index is 0. The molecule has 0 atom stereocenters. The van der Waals surface area contributed by atoms with Crippen LogP contribution in [0.1, 0.15) is 12.6 Å². The molecule has 19 heavy (non-hydrogen) atoms. The molecule has 0 spiro atoms. The second-order valence-corrected chi connectivity index (χ2v) is 5.36. The molecule has 1 aromatic carbocycles. The summed E-state index contributed by atoms with van der Waals surface area (Å²) < 4.78 is 35.5. The van der Waals surface area contributed by atoms with E-state index in [2.05, 4.69) is 0 Å². The molecule has 0 amide bonds. The van der Waals surface area contributed by atoms with Crippen molar-refractivity contribution in [1.82, 2.24) is 0 Å². The van der Waals surface area contributed by atoms with Crippen LogP contribution in [0.3, 0.4) is 0 Å². The predicted octanol–water partition coefficient (Wildman–Crippen LogP) is -1.69. The van der Waals surface area contributed by atoms with Crippen LogP contribution in [-0.4, -0.2) is 18.1 Å². The van der Waals surface area contributed by atoms with Crippen LogP contribution in [0.4, 0.5) is 0 Å². The van der Waals surface area contributed by atoms with Crippen LogP contribution in [0, 0.1) is 6.92 Å². The molecule has 0 unspecified atom stereocenters. The molecule has 0 aliphatic carbocycles. The van der Waals surface area contributed by atoms with Crippen molar-refractivity contribution < 1.29 is 53.5 Å². The number of phenolic OH excluding ortho intramolecular Hbond substituents is 1. The van der Waals surface area contributed by atoms with E-state index in [-0.39, 0.29) is 47.9 Å². The SMILES string of the molecule is Cc1c(O)ccc2c(CS(=O)(=O)O)cc(=O)oc12.[H-].[Na+]. The fourth-order valence-electron chi connectivity index (χ4n) is 1.73. The minimum Gasteiger partial charge on any atom is -1.00 e. The molecule has 1 aromatic heterocycles. The number of benzene rings is 1. The standard InChI is InChI=1S/C11H10O6S.Na.H/c1-6-9(12)3-2-8-7(5-18(14,15)16)4-10(13)17-11(6)8;;/h2-4,12H,5H2,1H3,(H,14,15,16);;/q;+1;-1. The molecular formula is C11H11NaO6S. The zero-order valence-electron chi connectivity index (χ0n) is 11.4. The van der Waals surface area contributed by atoms with Gasteiger partial charge in [0.1, 0.15) is 17.1 Å². The Labute approximate surface area is 132 Å². The van der Waals surface area contributed by atoms with Crippen molar-refractivity contribution in [1.29, 1.82) is 0 Å². The van der Waals surface area contributed by atoms with Crippen molar-refractivity contribution in [2.24, 2.45) is 0 Å². The summed E-state index contributed by atoms with van der Waals surface area (Å²) in [6, 6.07) is 3.80. The summed E-state index contributed by atoms with van der Waals surface area (Å²) in [5.41, 5.74) is -0.162. The van der Waals surface area contributed by atoms with Gasteiger partial charge in [0.25, 0.3) is 10.1 Å². The first kappa shape index (κ1) is 16.2. The van der Waals surface area contributed by atoms with Gasteiger partial charge >= 0.3 is 35.2 Å². The number of hydrogen-bond donors (Lipinski definition) is 2. The molecular weight excluding hydrogens is 283 g/mol. The van der Waals surface area contributed by atoms with E-state index in [1.807, 2.05) is 0 Å². The van der Waals surface area contributed by atoms with Gasteiger partial charge in [0.15, 0.2) is 0 Å². The van der Waals surface area contributed by atoms with Crippen LogP contribution in [-0.2, 0) is 15.9 Å². The molecule has 0 fully saturated rings. The maximum atomic E-state index is 11.3. The largest absolute Gasteiger partial charge is 1.00 e. The Morgan fingerprint density at radius 1 is 1.37 bits per heavy atom. The van der Waals surface area contributed by atoms with Gasteiger partial charge in [0.05, 0.1) is 0 Å². The maximum absolute atomic E-state index is 11.3. The first-order valence-corrected chi connectivity index (χ1v) is 6.59. The van der Waals surface area contributed by atoms with Gasteiger partial charge in [-0.1, -0.05) is 0 Å². The fraction of sp³-hybridized carbons (Fsp3) is 0.182. The van der Waals surface area contributed by atoms with Gasteiger partial charge in [0, 0.05) is 17.0 Å². The van der Waals surface area contributed by atoms with E-state index in [0.717, 1.165) is 6.07 Å². The molecule has 6 nitrogen and oxygen atoms in total. The third-order valence-electron chi connectivity index (χ3n) is 2.56. The number of hydrogen-bond acceptors (Lipinski definition) is 5. The predicted molar refractivity (Wildman–Crippen MR) is 65.3 cm³/mol. The van der Waals surface area contributed by atoms with Crippen molar-refractivity contribution in [3.63, 3.8) is 0 Å². The van der Waals surface area contributed by atoms with E-state index in [1.165, 1.54) is 19.1 Å². The zero-order valence-corrected chi connectivity index (χ0v) is 13.2. The van der Waals surface area contributed by atoms with Crippen molar-refractivity contribution in [2.45, 2.75) is 12.7 Å². The molecule has 0 radical (unpaired) electrons. The molecule has 0 saturated heterocycles. The van der Waals surface area contributed by atoms with Crippen molar-refractivity contribution >= 4 is 21.1 Å². The molecule has 0 aliphatic rings. The first-order valence-electron chi connectivity index (χ1n) is 4.98. The molecule has 2 N–H and O–H groups in total. The third kappa shape index (κ3) is 3.58. The number of rotatable bonds is 2. The molecule has 0 bridgehead atoms. The molecule has 0 saturated carbocycles. The second kappa shape index (κ2) is 5.64. The molecule has 0 aliphatic heterocycles. The van der Waals surface area contributed by atoms with E-state index in [9.17, 15) is 18.3 Å². The molecule has 1 heterocycles. The average Bonchev–Trinajstić information content (AvgIpc) is 2.21. The van der Waals surface area contributed by atoms with Gasteiger partial charge in [-0.15, -0.1) is 0 Å². The number of phenols is 1. The van der Waals surface area contributed by atoms with E-state index in [4.69, 9.17) is 8.97 Å². The summed E-state index contributed by atoms with van der Waals surface area (Å²) >= 11 is 0. The fourth-order valence-corrected chi connectivity index (χ4v) is 2.36. The summed E-state index contributed by atoms with van der Waals surface area (Å²) in [5.74, 6) is -0.742. The van der Waals surface area contributed by atoms with Crippen LogP contribution in [0.2, 0.25) is 0 Å². The van der Waals surface area contributed by atoms with Crippen molar-refractivity contribution in [3.05, 3.63) is 39.7 Å². The Balaban J connectivity index is 0.00000180. The number of aryl methyl sites for hydroxylation is 1. The van der Waals surface area contributed by atoms with Crippen molar-refractivity contribution in [3.8, 4) is 5.75 Å². The average molecular weight is 294 g/mol. The Hall–Kier alpha value is -0.860. The summed E-state index contributed by atoms with van der Waals surface area (Å²) in [5, 5.41) is 9.87. The smallest absolute Gasteiger partial charge is 1.00 e. The normalized spacial score (nSPS) is 11.3. The zero-order chi connectivity index (χ0) is 13.5. The second-order valence-electron chi connectivity index (χ2n) is 3.90. The van der Waals surface area contributed by atoms with Gasteiger partial charge in [-0.2, -0.15) is 8.42 Å². The summed E-state index contributed by atoms with van der Waals surface area (Å²) in [4.78, 5) is 11.3. The Morgan fingerprint density at radius 2 is 2.00 bits per heavy atom. The van der Waals surface area contributed by atoms with Crippen LogP contribution < -0.4 is 35.2 Å². The summed E-state index contributed by atoms with van der Waals surface area (Å²) in [6.07, 6.45) is 0. The van der Waals surface area contributed by atoms with E-state index >= 15 is 0 Å². The van der Waals surface area contributed by atoms with Gasteiger partial charge in [-0.3, -0.25) is 4.55 Å². The Bertz CT molecular complexity index is 783. The molecule has 2 rings (SSSR count). The van der Waals surface area contributed by atoms with Crippen molar-refractivity contribution in [2.75, 3.05) is 0 Å². The van der Waals surface area contributed by atoms with Crippen LogP contribution in [0.15, 0.2) is 27.4 Å². The van der Waals surface area contributed by atoms with Gasteiger partial charge in [0.2, 0.25) is 0 Å². The Morgan fingerprint density at radius 3 is 2.58 bits per heavy atom. The van der Waals surface area contributed by atoms with Crippen LogP contribution in [0.5, 0.6) is 5.75 Å². The van der Waals surface area contributed by atoms with Gasteiger partial charge in [-0.05, 0) is 24.6 Å². The molecule has 8 heteroatoms. The van der Waals surface area contributed by atoms with Crippen LogP contribution in [0.25, 0.3) is 11.0 Å². The van der Waals surface area contributed by atoms with Gasteiger partial charge < -0.3 is 11.0 Å². The quantitative estimate of drug-likeness (QED) is 0.389. The van der Waals surface area contributed by atoms with E-state index in [1.54, 1.807) is 0 Å². The molecule has 2 aromatic rings.